The van der Waals surface area contributed by atoms with Crippen LogP contribution in [0.4, 0.5) is 0 Å². The predicted octanol–water partition coefficient (Wildman–Crippen LogP) is 2.07. The molecule has 2 rings (SSSR count). The SMILES string of the molecule is CC1(C2CCCCC2)N[C@@H](C(=O)O)CS1. The summed E-state index contributed by atoms with van der Waals surface area (Å²) in [6, 6.07) is -0.345. The van der Waals surface area contributed by atoms with Gasteiger partial charge in [-0.25, -0.2) is 0 Å². The lowest BCUT2D eigenvalue weighted by atomic mass is 9.84. The molecule has 1 unspecified atom stereocenters. The van der Waals surface area contributed by atoms with Crippen molar-refractivity contribution >= 4 is 17.7 Å². The molecule has 86 valence electrons. The largest absolute Gasteiger partial charge is 0.480 e. The van der Waals surface area contributed by atoms with Gasteiger partial charge in [-0.3, -0.25) is 10.1 Å². The van der Waals surface area contributed by atoms with E-state index >= 15 is 0 Å². The van der Waals surface area contributed by atoms with E-state index in [0.717, 1.165) is 0 Å². The molecular formula is C11H19NO2S. The van der Waals surface area contributed by atoms with E-state index in [-0.39, 0.29) is 10.9 Å². The third kappa shape index (κ3) is 2.31. The first-order valence-corrected chi connectivity index (χ1v) is 6.75. The monoisotopic (exact) mass is 229 g/mol. The number of thioether (sulfide) groups is 1. The highest BCUT2D eigenvalue weighted by Gasteiger charge is 2.43. The van der Waals surface area contributed by atoms with Gasteiger partial charge in [0.1, 0.15) is 6.04 Å². The van der Waals surface area contributed by atoms with Crippen LogP contribution in [0, 0.1) is 5.92 Å². The Bertz CT molecular complexity index is 253. The van der Waals surface area contributed by atoms with Gasteiger partial charge in [-0.2, -0.15) is 0 Å². The molecule has 4 heteroatoms. The molecule has 2 aliphatic rings. The van der Waals surface area contributed by atoms with Gasteiger partial charge in [-0.15, -0.1) is 11.8 Å². The van der Waals surface area contributed by atoms with Crippen LogP contribution in [0.3, 0.4) is 0 Å². The van der Waals surface area contributed by atoms with E-state index < -0.39 is 5.97 Å². The fraction of sp³-hybridized carbons (Fsp3) is 0.909. The first-order chi connectivity index (χ1) is 7.12. The molecule has 1 heterocycles. The second-order valence-corrected chi connectivity index (χ2v) is 6.26. The van der Waals surface area contributed by atoms with E-state index in [1.54, 1.807) is 11.8 Å². The Balaban J connectivity index is 1.98. The summed E-state index contributed by atoms with van der Waals surface area (Å²) in [5.74, 6) is 0.658. The third-order valence-electron chi connectivity index (χ3n) is 3.69. The van der Waals surface area contributed by atoms with E-state index in [2.05, 4.69) is 12.2 Å². The van der Waals surface area contributed by atoms with Crippen LogP contribution in [0.2, 0.25) is 0 Å². The molecule has 2 fully saturated rings. The van der Waals surface area contributed by atoms with Gasteiger partial charge < -0.3 is 5.11 Å². The van der Waals surface area contributed by atoms with Crippen LogP contribution in [0.5, 0.6) is 0 Å². The molecule has 2 N–H and O–H groups in total. The second-order valence-electron chi connectivity index (χ2n) is 4.79. The highest BCUT2D eigenvalue weighted by Crippen LogP contribution is 2.43. The number of carbonyl (C=O) groups is 1. The van der Waals surface area contributed by atoms with Crippen LogP contribution in [0.25, 0.3) is 0 Å². The third-order valence-corrected chi connectivity index (χ3v) is 5.24. The quantitative estimate of drug-likeness (QED) is 0.761. The summed E-state index contributed by atoms with van der Waals surface area (Å²) in [7, 11) is 0. The smallest absolute Gasteiger partial charge is 0.321 e. The molecule has 0 amide bonds. The van der Waals surface area contributed by atoms with Crippen molar-refractivity contribution in [3.05, 3.63) is 0 Å². The van der Waals surface area contributed by atoms with Gasteiger partial charge >= 0.3 is 5.97 Å². The van der Waals surface area contributed by atoms with Crippen LogP contribution in [-0.4, -0.2) is 27.7 Å². The van der Waals surface area contributed by atoms with E-state index in [9.17, 15) is 4.79 Å². The van der Waals surface area contributed by atoms with Crippen LogP contribution in [-0.2, 0) is 4.79 Å². The number of carboxylic acids is 1. The molecule has 0 bridgehead atoms. The Morgan fingerprint density at radius 2 is 2.07 bits per heavy atom. The fourth-order valence-corrected chi connectivity index (χ4v) is 4.14. The molecule has 0 aromatic rings. The molecule has 1 aliphatic heterocycles. The van der Waals surface area contributed by atoms with Gasteiger partial charge in [0, 0.05) is 5.75 Å². The van der Waals surface area contributed by atoms with Crippen molar-refractivity contribution in [3.8, 4) is 0 Å². The van der Waals surface area contributed by atoms with Crippen molar-refractivity contribution in [1.82, 2.24) is 5.32 Å². The average Bonchev–Trinajstić information content (AvgIpc) is 2.64. The van der Waals surface area contributed by atoms with Gasteiger partial charge in [0.15, 0.2) is 0 Å². The minimum absolute atomic E-state index is 0.00345. The van der Waals surface area contributed by atoms with Gasteiger partial charge in [0.25, 0.3) is 0 Å². The number of aliphatic carboxylic acids is 1. The molecular weight excluding hydrogens is 210 g/mol. The molecule has 15 heavy (non-hydrogen) atoms. The van der Waals surface area contributed by atoms with Crippen molar-refractivity contribution in [1.29, 1.82) is 0 Å². The highest BCUT2D eigenvalue weighted by atomic mass is 32.2. The van der Waals surface area contributed by atoms with Crippen LogP contribution in [0.15, 0.2) is 0 Å². The Morgan fingerprint density at radius 1 is 1.40 bits per heavy atom. The molecule has 0 spiro atoms. The van der Waals surface area contributed by atoms with Crippen LogP contribution in [0.1, 0.15) is 39.0 Å². The summed E-state index contributed by atoms with van der Waals surface area (Å²) < 4.78 is 0. The summed E-state index contributed by atoms with van der Waals surface area (Å²) >= 11 is 1.80. The van der Waals surface area contributed by atoms with Gasteiger partial charge in [-0.1, -0.05) is 19.3 Å². The number of hydrogen-bond donors (Lipinski definition) is 2. The van der Waals surface area contributed by atoms with Crippen LogP contribution >= 0.6 is 11.8 Å². The highest BCUT2D eigenvalue weighted by molar-refractivity contribution is 8.00. The van der Waals surface area contributed by atoms with Crippen molar-refractivity contribution in [2.24, 2.45) is 5.92 Å². The van der Waals surface area contributed by atoms with Crippen LogP contribution < -0.4 is 5.32 Å². The number of nitrogens with one attached hydrogen (secondary N) is 1. The van der Waals surface area contributed by atoms with E-state index in [1.165, 1.54) is 32.1 Å². The molecule has 1 saturated carbocycles. The van der Waals surface area contributed by atoms with Crippen molar-refractivity contribution in [2.45, 2.75) is 49.9 Å². The zero-order chi connectivity index (χ0) is 10.9. The topological polar surface area (TPSA) is 49.3 Å². The molecule has 0 radical (unpaired) electrons. The summed E-state index contributed by atoms with van der Waals surface area (Å²) in [5.41, 5.74) is 0. The lowest BCUT2D eigenvalue weighted by Crippen LogP contribution is -2.48. The van der Waals surface area contributed by atoms with Crippen molar-refractivity contribution in [3.63, 3.8) is 0 Å². The van der Waals surface area contributed by atoms with Gasteiger partial charge in [-0.05, 0) is 25.7 Å². The molecule has 0 aromatic heterocycles. The lowest BCUT2D eigenvalue weighted by molar-refractivity contribution is -0.139. The fourth-order valence-electron chi connectivity index (χ4n) is 2.71. The molecule has 3 nitrogen and oxygen atoms in total. The minimum atomic E-state index is -0.706. The predicted molar refractivity (Wildman–Crippen MR) is 62.0 cm³/mol. The van der Waals surface area contributed by atoms with Crippen molar-refractivity contribution in [2.75, 3.05) is 5.75 Å². The maximum Gasteiger partial charge on any atom is 0.321 e. The first-order valence-electron chi connectivity index (χ1n) is 5.76. The normalized spacial score (nSPS) is 38.1. The average molecular weight is 229 g/mol. The van der Waals surface area contributed by atoms with Gasteiger partial charge in [0.2, 0.25) is 0 Å². The molecule has 0 aromatic carbocycles. The summed E-state index contributed by atoms with van der Waals surface area (Å²) in [6.45, 7) is 2.18. The lowest BCUT2D eigenvalue weighted by Gasteiger charge is -2.36. The molecule has 1 aliphatic carbocycles. The van der Waals surface area contributed by atoms with E-state index in [4.69, 9.17) is 5.11 Å². The summed E-state index contributed by atoms with van der Waals surface area (Å²) in [6.07, 6.45) is 6.46. The summed E-state index contributed by atoms with van der Waals surface area (Å²) in [4.78, 5) is 10.9. The Kier molecular flexibility index (Phi) is 3.26. The van der Waals surface area contributed by atoms with E-state index in [0.29, 0.717) is 11.7 Å². The molecule has 1 saturated heterocycles. The van der Waals surface area contributed by atoms with Crippen molar-refractivity contribution < 1.29 is 9.90 Å². The Labute approximate surface area is 95.0 Å². The second kappa shape index (κ2) is 4.34. The summed E-state index contributed by atoms with van der Waals surface area (Å²) in [5, 5.41) is 12.3. The Morgan fingerprint density at radius 3 is 2.60 bits per heavy atom. The first kappa shape index (κ1) is 11.3. The molecule has 2 atom stereocenters. The Hall–Kier alpha value is -0.220. The number of rotatable bonds is 2. The number of carboxylic acid groups (broad SMARTS) is 1. The number of hydrogen-bond acceptors (Lipinski definition) is 3. The maximum absolute atomic E-state index is 10.9. The standard InChI is InChI=1S/C11H19NO2S/c1-11(8-5-3-2-4-6-8)12-9(7-15-11)10(13)14/h8-9,12H,2-7H2,1H3,(H,13,14)/t9-,11?/m1/s1. The minimum Gasteiger partial charge on any atom is -0.480 e. The van der Waals surface area contributed by atoms with Gasteiger partial charge in [0.05, 0.1) is 4.87 Å². The van der Waals surface area contributed by atoms with E-state index in [1.807, 2.05) is 0 Å². The maximum atomic E-state index is 10.9. The zero-order valence-corrected chi connectivity index (χ0v) is 9.98. The zero-order valence-electron chi connectivity index (χ0n) is 9.16.